The van der Waals surface area contributed by atoms with E-state index in [-0.39, 0.29) is 23.0 Å². The molecule has 0 unspecified atom stereocenters. The van der Waals surface area contributed by atoms with Gasteiger partial charge < -0.3 is 4.74 Å². The highest BCUT2D eigenvalue weighted by Crippen LogP contribution is 2.31. The van der Waals surface area contributed by atoms with E-state index in [4.69, 9.17) is 4.74 Å². The lowest BCUT2D eigenvalue weighted by Gasteiger charge is -2.06. The summed E-state index contributed by atoms with van der Waals surface area (Å²) >= 11 is 0. The third kappa shape index (κ3) is 2.97. The predicted molar refractivity (Wildman–Crippen MR) is 69.6 cm³/mol. The number of benzene rings is 2. The van der Waals surface area contributed by atoms with Crippen molar-refractivity contribution in [3.63, 3.8) is 0 Å². The first-order valence-electron chi connectivity index (χ1n) is 5.70. The van der Waals surface area contributed by atoms with Crippen LogP contribution in [0.4, 0.5) is 10.1 Å². The molecule has 0 amide bonds. The number of nitrogens with zero attached hydrogens (tertiary/aromatic N) is 1. The Morgan fingerprint density at radius 2 is 1.85 bits per heavy atom. The first-order chi connectivity index (χ1) is 9.47. The molecule has 2 aromatic carbocycles. The molecule has 2 aromatic rings. The minimum absolute atomic E-state index is 0.103. The zero-order valence-corrected chi connectivity index (χ0v) is 10.5. The smallest absolute Gasteiger partial charge is 0.311 e. The average Bonchev–Trinajstić information content (AvgIpc) is 2.39. The highest BCUT2D eigenvalue weighted by Gasteiger charge is 2.16. The van der Waals surface area contributed by atoms with Gasteiger partial charge in [-0.15, -0.1) is 0 Å². The molecule has 0 saturated carbocycles. The first-order valence-corrected chi connectivity index (χ1v) is 5.70. The minimum Gasteiger partial charge on any atom is -0.450 e. The quantitative estimate of drug-likeness (QED) is 0.484. The van der Waals surface area contributed by atoms with E-state index in [0.717, 1.165) is 18.2 Å². The van der Waals surface area contributed by atoms with Crippen molar-refractivity contribution in [1.82, 2.24) is 0 Å². The maximum atomic E-state index is 13.1. The number of ketones is 1. The fourth-order valence-corrected chi connectivity index (χ4v) is 1.61. The van der Waals surface area contributed by atoms with Gasteiger partial charge in [0.05, 0.1) is 4.92 Å². The summed E-state index contributed by atoms with van der Waals surface area (Å²) in [6, 6.07) is 9.01. The van der Waals surface area contributed by atoms with Crippen molar-refractivity contribution < 1.29 is 18.8 Å². The van der Waals surface area contributed by atoms with Crippen LogP contribution < -0.4 is 4.74 Å². The van der Waals surface area contributed by atoms with Crippen molar-refractivity contribution in [3.8, 4) is 11.5 Å². The molecular weight excluding hydrogens is 265 g/mol. The number of ether oxygens (including phenoxy) is 1. The Labute approximate surface area is 113 Å². The topological polar surface area (TPSA) is 69.4 Å². The van der Waals surface area contributed by atoms with Crippen molar-refractivity contribution in [2.24, 2.45) is 0 Å². The van der Waals surface area contributed by atoms with Gasteiger partial charge in [0.25, 0.3) is 0 Å². The Morgan fingerprint density at radius 1 is 1.20 bits per heavy atom. The van der Waals surface area contributed by atoms with Crippen LogP contribution in [0.25, 0.3) is 0 Å². The lowest BCUT2D eigenvalue weighted by Crippen LogP contribution is -1.95. The fourth-order valence-electron chi connectivity index (χ4n) is 1.61. The molecule has 0 aliphatic carbocycles. The van der Waals surface area contributed by atoms with Crippen LogP contribution in [0.2, 0.25) is 0 Å². The molecule has 20 heavy (non-hydrogen) atoms. The number of halogens is 1. The molecule has 0 bridgehead atoms. The van der Waals surface area contributed by atoms with E-state index in [2.05, 4.69) is 0 Å². The summed E-state index contributed by atoms with van der Waals surface area (Å²) in [6.07, 6.45) is 0. The number of rotatable bonds is 4. The number of Topliss-reactive ketones (excluding diaryl/α,β-unsaturated/α-hetero) is 1. The van der Waals surface area contributed by atoms with Crippen LogP contribution in [0.5, 0.6) is 11.5 Å². The number of hydrogen-bond acceptors (Lipinski definition) is 4. The van der Waals surface area contributed by atoms with E-state index >= 15 is 0 Å². The molecule has 6 heteroatoms. The molecule has 5 nitrogen and oxygen atoms in total. The molecule has 0 saturated heterocycles. The molecule has 2 rings (SSSR count). The second-order valence-electron chi connectivity index (χ2n) is 4.05. The van der Waals surface area contributed by atoms with E-state index in [1.807, 2.05) is 0 Å². The summed E-state index contributed by atoms with van der Waals surface area (Å²) < 4.78 is 18.4. The second-order valence-corrected chi connectivity index (χ2v) is 4.05. The predicted octanol–water partition coefficient (Wildman–Crippen LogP) is 3.73. The van der Waals surface area contributed by atoms with Gasteiger partial charge in [0.2, 0.25) is 5.75 Å². The SMILES string of the molecule is CC(=O)c1ccc(Oc2cc(F)ccc2[N+](=O)[O-])cc1. The Morgan fingerprint density at radius 3 is 2.40 bits per heavy atom. The second kappa shape index (κ2) is 5.48. The lowest BCUT2D eigenvalue weighted by atomic mass is 10.1. The number of nitro benzene ring substituents is 1. The maximum absolute atomic E-state index is 13.1. The van der Waals surface area contributed by atoms with Crippen molar-refractivity contribution >= 4 is 11.5 Å². The molecule has 0 heterocycles. The van der Waals surface area contributed by atoms with Gasteiger partial charge in [-0.25, -0.2) is 4.39 Å². The summed E-state index contributed by atoms with van der Waals surface area (Å²) in [5.74, 6) is -0.645. The molecule has 0 aliphatic heterocycles. The van der Waals surface area contributed by atoms with Crippen LogP contribution in [0.15, 0.2) is 42.5 Å². The summed E-state index contributed by atoms with van der Waals surface area (Å²) in [4.78, 5) is 21.3. The van der Waals surface area contributed by atoms with Gasteiger partial charge in [0.1, 0.15) is 11.6 Å². The monoisotopic (exact) mass is 275 g/mol. The summed E-state index contributed by atoms with van der Waals surface area (Å²) in [5.41, 5.74) is 0.160. The Balaban J connectivity index is 2.31. The molecule has 0 radical (unpaired) electrons. The largest absolute Gasteiger partial charge is 0.450 e. The lowest BCUT2D eigenvalue weighted by molar-refractivity contribution is -0.385. The molecule has 102 valence electrons. The molecular formula is C14H10FNO4. The van der Waals surface area contributed by atoms with E-state index in [1.165, 1.54) is 31.2 Å². The first kappa shape index (κ1) is 13.7. The van der Waals surface area contributed by atoms with Crippen LogP contribution in [-0.2, 0) is 0 Å². The van der Waals surface area contributed by atoms with Crippen LogP contribution >= 0.6 is 0 Å². The molecule has 0 aliphatic rings. The van der Waals surface area contributed by atoms with Gasteiger partial charge >= 0.3 is 5.69 Å². The zero-order valence-electron chi connectivity index (χ0n) is 10.5. The van der Waals surface area contributed by atoms with Crippen molar-refractivity contribution in [3.05, 3.63) is 64.0 Å². The van der Waals surface area contributed by atoms with Gasteiger partial charge in [-0.3, -0.25) is 14.9 Å². The standard InChI is InChI=1S/C14H10FNO4/c1-9(17)10-2-5-12(6-3-10)20-14-8-11(15)4-7-13(14)16(18)19/h2-8H,1H3. The number of nitro groups is 1. The summed E-state index contributed by atoms with van der Waals surface area (Å²) in [6.45, 7) is 1.42. The van der Waals surface area contributed by atoms with E-state index < -0.39 is 10.7 Å². The Hall–Kier alpha value is -2.76. The molecule has 0 aromatic heterocycles. The summed E-state index contributed by atoms with van der Waals surface area (Å²) in [5, 5.41) is 10.8. The normalized spacial score (nSPS) is 10.1. The fraction of sp³-hybridized carbons (Fsp3) is 0.0714. The van der Waals surface area contributed by atoms with Crippen molar-refractivity contribution in [1.29, 1.82) is 0 Å². The molecule has 0 atom stereocenters. The minimum atomic E-state index is -0.654. The third-order valence-corrected chi connectivity index (χ3v) is 2.61. The van der Waals surface area contributed by atoms with Gasteiger partial charge in [0, 0.05) is 17.7 Å². The van der Waals surface area contributed by atoms with Gasteiger partial charge in [0.15, 0.2) is 5.78 Å². The van der Waals surface area contributed by atoms with E-state index in [9.17, 15) is 19.3 Å². The van der Waals surface area contributed by atoms with Crippen LogP contribution in [0, 0.1) is 15.9 Å². The van der Waals surface area contributed by atoms with E-state index in [1.54, 1.807) is 0 Å². The highest BCUT2D eigenvalue weighted by atomic mass is 19.1. The highest BCUT2D eigenvalue weighted by molar-refractivity contribution is 5.94. The van der Waals surface area contributed by atoms with Crippen LogP contribution in [0.1, 0.15) is 17.3 Å². The number of hydrogen-bond donors (Lipinski definition) is 0. The van der Waals surface area contributed by atoms with E-state index in [0.29, 0.717) is 5.56 Å². The zero-order chi connectivity index (χ0) is 14.7. The van der Waals surface area contributed by atoms with Gasteiger partial charge in [-0.1, -0.05) is 0 Å². The average molecular weight is 275 g/mol. The van der Waals surface area contributed by atoms with Crippen LogP contribution in [-0.4, -0.2) is 10.7 Å². The van der Waals surface area contributed by atoms with Crippen molar-refractivity contribution in [2.75, 3.05) is 0 Å². The maximum Gasteiger partial charge on any atom is 0.311 e. The molecule has 0 N–H and O–H groups in total. The molecule has 0 fully saturated rings. The molecule has 0 spiro atoms. The van der Waals surface area contributed by atoms with Crippen molar-refractivity contribution in [2.45, 2.75) is 6.92 Å². The summed E-state index contributed by atoms with van der Waals surface area (Å²) in [7, 11) is 0. The Kier molecular flexibility index (Phi) is 3.74. The van der Waals surface area contributed by atoms with Gasteiger partial charge in [-0.2, -0.15) is 0 Å². The van der Waals surface area contributed by atoms with Crippen LogP contribution in [0.3, 0.4) is 0 Å². The number of carbonyl (C=O) groups is 1. The van der Waals surface area contributed by atoms with Gasteiger partial charge in [-0.05, 0) is 37.3 Å². The Bertz CT molecular complexity index is 667. The number of carbonyl (C=O) groups excluding carboxylic acids is 1. The third-order valence-electron chi connectivity index (χ3n) is 2.61.